The monoisotopic (exact) mass is 282 g/mol. The van der Waals surface area contributed by atoms with E-state index >= 15 is 0 Å². The number of aromatic nitrogens is 1. The highest BCUT2D eigenvalue weighted by Gasteiger charge is 2.15. The predicted molar refractivity (Wildman–Crippen MR) is 86.3 cm³/mol. The molecule has 1 aromatic carbocycles. The van der Waals surface area contributed by atoms with Crippen LogP contribution in [0.4, 0.5) is 5.69 Å². The normalized spacial score (nSPS) is 12.2. The molecule has 0 radical (unpaired) electrons. The van der Waals surface area contributed by atoms with Crippen LogP contribution in [0.1, 0.15) is 37.8 Å². The predicted octanol–water partition coefficient (Wildman–Crippen LogP) is 4.02. The van der Waals surface area contributed by atoms with Gasteiger partial charge in [0.1, 0.15) is 0 Å². The first kappa shape index (κ1) is 15.2. The summed E-state index contributed by atoms with van der Waals surface area (Å²) in [4.78, 5) is 16.2. The molecular formula is C18H22N2O. The summed E-state index contributed by atoms with van der Waals surface area (Å²) < 4.78 is 0. The first-order valence-electron chi connectivity index (χ1n) is 7.36. The molecule has 0 bridgehead atoms. The molecule has 1 amide bonds. The number of hydrogen-bond acceptors (Lipinski definition) is 2. The van der Waals surface area contributed by atoms with Crippen molar-refractivity contribution < 1.29 is 4.79 Å². The largest absolute Gasteiger partial charge is 0.324 e. The molecule has 21 heavy (non-hydrogen) atoms. The number of carbonyl (C=O) groups excluding carboxylic acids is 1. The minimum atomic E-state index is -0.182. The van der Waals surface area contributed by atoms with Crippen LogP contribution in [-0.4, -0.2) is 10.9 Å². The number of benzene rings is 1. The van der Waals surface area contributed by atoms with Gasteiger partial charge in [-0.15, -0.1) is 0 Å². The van der Waals surface area contributed by atoms with E-state index in [0.717, 1.165) is 17.7 Å². The molecule has 3 nitrogen and oxygen atoms in total. The molecule has 3 heteroatoms. The highest BCUT2D eigenvalue weighted by molar-refractivity contribution is 5.95. The lowest BCUT2D eigenvalue weighted by atomic mass is 9.96. The third-order valence-electron chi connectivity index (χ3n) is 3.45. The second-order valence-electron chi connectivity index (χ2n) is 5.79. The Hall–Kier alpha value is -2.16. The number of amides is 1. The Morgan fingerprint density at radius 2 is 1.86 bits per heavy atom. The van der Waals surface area contributed by atoms with E-state index in [1.54, 1.807) is 18.5 Å². The highest BCUT2D eigenvalue weighted by Crippen LogP contribution is 2.19. The van der Waals surface area contributed by atoms with Gasteiger partial charge in [-0.3, -0.25) is 9.78 Å². The van der Waals surface area contributed by atoms with Crippen molar-refractivity contribution >= 4 is 11.6 Å². The van der Waals surface area contributed by atoms with Crippen molar-refractivity contribution in [2.45, 2.75) is 33.1 Å². The summed E-state index contributed by atoms with van der Waals surface area (Å²) in [7, 11) is 0. The van der Waals surface area contributed by atoms with Gasteiger partial charge < -0.3 is 5.32 Å². The fourth-order valence-corrected chi connectivity index (χ4v) is 2.25. The van der Waals surface area contributed by atoms with Crippen LogP contribution in [0.25, 0.3) is 0 Å². The number of nitrogens with one attached hydrogen (secondary N) is 1. The van der Waals surface area contributed by atoms with Gasteiger partial charge in [-0.05, 0) is 42.5 Å². The van der Waals surface area contributed by atoms with Gasteiger partial charge in [0, 0.05) is 6.20 Å². The molecule has 2 aromatic rings. The first-order chi connectivity index (χ1) is 10.1. The lowest BCUT2D eigenvalue weighted by Gasteiger charge is -2.13. The van der Waals surface area contributed by atoms with Crippen LogP contribution >= 0.6 is 0 Å². The van der Waals surface area contributed by atoms with E-state index < -0.39 is 0 Å². The minimum absolute atomic E-state index is 0.0143. The quantitative estimate of drug-likeness (QED) is 0.900. The summed E-state index contributed by atoms with van der Waals surface area (Å²) in [6.07, 6.45) is 4.40. The van der Waals surface area contributed by atoms with Crippen LogP contribution in [0.15, 0.2) is 48.8 Å². The summed E-state index contributed by atoms with van der Waals surface area (Å²) in [5.74, 6) is 0.445. The molecule has 0 unspecified atom stereocenters. The fraction of sp³-hybridized carbons (Fsp3) is 0.333. The maximum atomic E-state index is 12.2. The van der Waals surface area contributed by atoms with Crippen molar-refractivity contribution in [1.29, 1.82) is 0 Å². The van der Waals surface area contributed by atoms with Crippen LogP contribution in [0.2, 0.25) is 0 Å². The molecule has 0 spiro atoms. The molecule has 1 atom stereocenters. The Balaban J connectivity index is 2.02. The van der Waals surface area contributed by atoms with Crippen molar-refractivity contribution in [3.05, 3.63) is 59.9 Å². The Morgan fingerprint density at radius 1 is 1.14 bits per heavy atom. The average molecular weight is 282 g/mol. The van der Waals surface area contributed by atoms with Gasteiger partial charge in [0.15, 0.2) is 0 Å². The van der Waals surface area contributed by atoms with Gasteiger partial charge in [0.25, 0.3) is 0 Å². The molecule has 0 aliphatic rings. The van der Waals surface area contributed by atoms with Crippen molar-refractivity contribution in [3.8, 4) is 0 Å². The maximum absolute atomic E-state index is 12.2. The maximum Gasteiger partial charge on any atom is 0.231 e. The van der Waals surface area contributed by atoms with Crippen molar-refractivity contribution in [2.24, 2.45) is 5.92 Å². The zero-order valence-electron chi connectivity index (χ0n) is 12.8. The molecule has 110 valence electrons. The third kappa shape index (κ3) is 4.42. The van der Waals surface area contributed by atoms with Crippen LogP contribution < -0.4 is 5.32 Å². The number of nitrogens with zero attached hydrogens (tertiary/aromatic N) is 1. The summed E-state index contributed by atoms with van der Waals surface area (Å²) in [6.45, 7) is 6.33. The van der Waals surface area contributed by atoms with Gasteiger partial charge in [0.2, 0.25) is 5.91 Å². The van der Waals surface area contributed by atoms with Gasteiger partial charge in [-0.25, -0.2) is 0 Å². The van der Waals surface area contributed by atoms with Crippen molar-refractivity contribution in [2.75, 3.05) is 5.32 Å². The minimum Gasteiger partial charge on any atom is -0.324 e. The van der Waals surface area contributed by atoms with E-state index in [9.17, 15) is 4.79 Å². The molecule has 0 saturated heterocycles. The molecule has 1 N–H and O–H groups in total. The van der Waals surface area contributed by atoms with Crippen LogP contribution in [0.3, 0.4) is 0 Å². The lowest BCUT2D eigenvalue weighted by Crippen LogP contribution is -2.18. The smallest absolute Gasteiger partial charge is 0.231 e. The molecule has 0 aliphatic heterocycles. The molecule has 1 aromatic heterocycles. The van der Waals surface area contributed by atoms with E-state index in [0.29, 0.717) is 5.92 Å². The second kappa shape index (κ2) is 7.02. The third-order valence-corrected chi connectivity index (χ3v) is 3.45. The molecule has 0 fully saturated rings. The topological polar surface area (TPSA) is 42.0 Å². The average Bonchev–Trinajstić information content (AvgIpc) is 2.47. The summed E-state index contributed by atoms with van der Waals surface area (Å²) in [5.41, 5.74) is 3.07. The van der Waals surface area contributed by atoms with Gasteiger partial charge in [-0.2, -0.15) is 0 Å². The van der Waals surface area contributed by atoms with E-state index in [1.807, 2.05) is 25.1 Å². The molecule has 1 heterocycles. The number of anilines is 1. The van der Waals surface area contributed by atoms with Gasteiger partial charge >= 0.3 is 0 Å². The number of pyridine rings is 1. The summed E-state index contributed by atoms with van der Waals surface area (Å²) in [5, 5.41) is 2.89. The molecule has 2 rings (SSSR count). The van der Waals surface area contributed by atoms with Crippen LogP contribution in [-0.2, 0) is 11.2 Å². The van der Waals surface area contributed by atoms with Crippen LogP contribution in [0.5, 0.6) is 0 Å². The van der Waals surface area contributed by atoms with E-state index in [-0.39, 0.29) is 11.8 Å². The molecule has 0 aliphatic carbocycles. The van der Waals surface area contributed by atoms with Gasteiger partial charge in [-0.1, -0.05) is 38.1 Å². The zero-order chi connectivity index (χ0) is 15.2. The number of rotatable bonds is 5. The standard InChI is InChI=1S/C18H22N2O/c1-13(2)11-15-6-8-16(9-7-15)14(3)18(21)20-17-5-4-10-19-12-17/h4-10,12-14H,11H2,1-3H3,(H,20,21)/t14-/m0/s1. The Kier molecular flexibility index (Phi) is 5.09. The Labute approximate surface area is 126 Å². The summed E-state index contributed by atoms with van der Waals surface area (Å²) in [6, 6.07) is 12.0. The number of carbonyl (C=O) groups is 1. The first-order valence-corrected chi connectivity index (χ1v) is 7.36. The van der Waals surface area contributed by atoms with E-state index in [2.05, 4.69) is 36.3 Å². The summed E-state index contributed by atoms with van der Waals surface area (Å²) >= 11 is 0. The van der Waals surface area contributed by atoms with Crippen molar-refractivity contribution in [1.82, 2.24) is 4.98 Å². The van der Waals surface area contributed by atoms with Crippen LogP contribution in [0, 0.1) is 5.92 Å². The molecular weight excluding hydrogens is 260 g/mol. The van der Waals surface area contributed by atoms with Crippen molar-refractivity contribution in [3.63, 3.8) is 0 Å². The van der Waals surface area contributed by atoms with E-state index in [1.165, 1.54) is 5.56 Å². The second-order valence-corrected chi connectivity index (χ2v) is 5.79. The SMILES string of the molecule is CC(C)Cc1ccc([C@H](C)C(=O)Nc2cccnc2)cc1. The number of hydrogen-bond donors (Lipinski definition) is 1. The highest BCUT2D eigenvalue weighted by atomic mass is 16.1. The molecule has 0 saturated carbocycles. The lowest BCUT2D eigenvalue weighted by molar-refractivity contribution is -0.117. The van der Waals surface area contributed by atoms with E-state index in [4.69, 9.17) is 0 Å². The zero-order valence-corrected chi connectivity index (χ0v) is 12.8. The van der Waals surface area contributed by atoms with Gasteiger partial charge in [0.05, 0.1) is 17.8 Å². The Bertz CT molecular complexity index is 576. The Morgan fingerprint density at radius 3 is 2.43 bits per heavy atom. The fourth-order valence-electron chi connectivity index (χ4n) is 2.25.